The Morgan fingerprint density at radius 3 is 2.83 bits per heavy atom. The van der Waals surface area contributed by atoms with Crippen molar-refractivity contribution >= 4 is 27.1 Å². The standard InChI is InChI=1S/C18H19NO3S2/c1-12-6-4-5-9-19(12)18(20)15-10-13-11-24(21,22)16-8-3-2-7-14(16)17(13)23-15/h2-3,7-8,10,12H,4-6,9,11H2,1H3. The lowest BCUT2D eigenvalue weighted by molar-refractivity contribution is 0.0640. The van der Waals surface area contributed by atoms with Crippen LogP contribution >= 0.6 is 11.3 Å². The van der Waals surface area contributed by atoms with E-state index >= 15 is 0 Å². The summed E-state index contributed by atoms with van der Waals surface area (Å²) in [5.74, 6) is 0.0232. The third kappa shape index (κ3) is 2.48. The number of fused-ring (bicyclic) bond motifs is 3. The van der Waals surface area contributed by atoms with Gasteiger partial charge in [-0.2, -0.15) is 0 Å². The average molecular weight is 361 g/mol. The zero-order valence-electron chi connectivity index (χ0n) is 13.5. The molecule has 126 valence electrons. The van der Waals surface area contributed by atoms with Crippen molar-refractivity contribution in [2.45, 2.75) is 42.9 Å². The van der Waals surface area contributed by atoms with Crippen LogP contribution in [-0.4, -0.2) is 31.8 Å². The minimum absolute atomic E-state index is 0.0152. The zero-order valence-corrected chi connectivity index (χ0v) is 15.1. The fourth-order valence-corrected chi connectivity index (χ4v) is 6.53. The molecule has 0 radical (unpaired) electrons. The van der Waals surface area contributed by atoms with Gasteiger partial charge in [0.1, 0.15) is 0 Å². The Labute approximate surface area is 146 Å². The van der Waals surface area contributed by atoms with Crippen LogP contribution in [0.4, 0.5) is 0 Å². The van der Waals surface area contributed by atoms with E-state index in [9.17, 15) is 13.2 Å². The first kappa shape index (κ1) is 15.8. The smallest absolute Gasteiger partial charge is 0.264 e. The fourth-order valence-electron chi connectivity index (χ4n) is 3.62. The second kappa shape index (κ2) is 5.70. The molecule has 1 fully saturated rings. The van der Waals surface area contributed by atoms with Gasteiger partial charge in [0.2, 0.25) is 0 Å². The molecule has 4 nitrogen and oxygen atoms in total. The van der Waals surface area contributed by atoms with Crippen molar-refractivity contribution in [1.29, 1.82) is 0 Å². The number of thiophene rings is 1. The third-order valence-corrected chi connectivity index (χ3v) is 7.81. The van der Waals surface area contributed by atoms with Gasteiger partial charge >= 0.3 is 0 Å². The second-order valence-corrected chi connectivity index (χ2v) is 9.57. The normalized spacial score (nSPS) is 21.9. The highest BCUT2D eigenvalue weighted by molar-refractivity contribution is 7.91. The number of benzene rings is 1. The topological polar surface area (TPSA) is 54.5 Å². The molecule has 0 saturated carbocycles. The number of hydrogen-bond donors (Lipinski definition) is 0. The van der Waals surface area contributed by atoms with Gasteiger partial charge in [0.25, 0.3) is 5.91 Å². The number of carbonyl (C=O) groups excluding carboxylic acids is 1. The van der Waals surface area contributed by atoms with Gasteiger partial charge in [0.15, 0.2) is 9.84 Å². The van der Waals surface area contributed by atoms with Gasteiger partial charge in [0.05, 0.1) is 15.5 Å². The summed E-state index contributed by atoms with van der Waals surface area (Å²) in [4.78, 5) is 16.8. The Kier molecular flexibility index (Phi) is 3.77. The molecule has 0 N–H and O–H groups in total. The van der Waals surface area contributed by atoms with Gasteiger partial charge in [-0.05, 0) is 43.9 Å². The van der Waals surface area contributed by atoms with Crippen molar-refractivity contribution < 1.29 is 13.2 Å². The maximum absolute atomic E-state index is 12.9. The Balaban J connectivity index is 1.76. The number of likely N-dealkylation sites (tertiary alicyclic amines) is 1. The van der Waals surface area contributed by atoms with Gasteiger partial charge in [-0.25, -0.2) is 8.42 Å². The van der Waals surface area contributed by atoms with E-state index in [1.165, 1.54) is 11.3 Å². The monoisotopic (exact) mass is 361 g/mol. The van der Waals surface area contributed by atoms with Crippen LogP contribution in [0.2, 0.25) is 0 Å². The van der Waals surface area contributed by atoms with Crippen molar-refractivity contribution in [2.75, 3.05) is 6.54 Å². The minimum Gasteiger partial charge on any atom is -0.335 e. The van der Waals surface area contributed by atoms with Crippen LogP contribution < -0.4 is 0 Å². The maximum Gasteiger partial charge on any atom is 0.264 e. The highest BCUT2D eigenvalue weighted by Crippen LogP contribution is 2.43. The quantitative estimate of drug-likeness (QED) is 0.778. The molecule has 6 heteroatoms. The van der Waals surface area contributed by atoms with E-state index < -0.39 is 9.84 Å². The molecule has 24 heavy (non-hydrogen) atoms. The van der Waals surface area contributed by atoms with Crippen LogP contribution in [0.3, 0.4) is 0 Å². The zero-order chi connectivity index (χ0) is 16.9. The molecule has 2 aromatic rings. The van der Waals surface area contributed by atoms with Gasteiger partial charge < -0.3 is 4.90 Å². The van der Waals surface area contributed by atoms with Gasteiger partial charge in [-0.3, -0.25) is 4.79 Å². The number of nitrogens with zero attached hydrogens (tertiary/aromatic N) is 1. The summed E-state index contributed by atoms with van der Waals surface area (Å²) >= 11 is 1.43. The minimum atomic E-state index is -3.32. The van der Waals surface area contributed by atoms with Crippen LogP contribution in [0.5, 0.6) is 0 Å². The lowest BCUT2D eigenvalue weighted by atomic mass is 10.0. The summed E-state index contributed by atoms with van der Waals surface area (Å²) in [5.41, 5.74) is 1.49. The number of sulfone groups is 1. The molecular formula is C18H19NO3S2. The summed E-state index contributed by atoms with van der Waals surface area (Å²) in [7, 11) is -3.32. The molecule has 3 heterocycles. The van der Waals surface area contributed by atoms with Gasteiger partial charge in [-0.1, -0.05) is 18.2 Å². The SMILES string of the molecule is CC1CCCCN1C(=O)c1cc2c(s1)-c1ccccc1S(=O)(=O)C2. The largest absolute Gasteiger partial charge is 0.335 e. The summed E-state index contributed by atoms with van der Waals surface area (Å²) in [5, 5.41) is 0. The summed E-state index contributed by atoms with van der Waals surface area (Å²) < 4.78 is 25.0. The van der Waals surface area contributed by atoms with E-state index in [2.05, 4.69) is 6.92 Å². The first-order valence-electron chi connectivity index (χ1n) is 8.23. The molecule has 1 aromatic carbocycles. The predicted octanol–water partition coefficient (Wildman–Crippen LogP) is 3.72. The van der Waals surface area contributed by atoms with E-state index in [4.69, 9.17) is 0 Å². The van der Waals surface area contributed by atoms with Crippen LogP contribution in [0.25, 0.3) is 10.4 Å². The Hall–Kier alpha value is -1.66. The summed E-state index contributed by atoms with van der Waals surface area (Å²) in [6.45, 7) is 2.88. The third-order valence-electron chi connectivity index (χ3n) is 4.90. The molecule has 1 amide bonds. The number of piperidine rings is 1. The molecule has 0 bridgehead atoms. The first-order valence-corrected chi connectivity index (χ1v) is 10.7. The van der Waals surface area contributed by atoms with E-state index in [1.54, 1.807) is 18.2 Å². The van der Waals surface area contributed by atoms with Crippen molar-refractivity contribution in [3.05, 3.63) is 40.8 Å². The first-order chi connectivity index (χ1) is 11.5. The number of hydrogen-bond acceptors (Lipinski definition) is 4. The van der Waals surface area contributed by atoms with Gasteiger partial charge in [-0.15, -0.1) is 11.3 Å². The highest BCUT2D eigenvalue weighted by atomic mass is 32.2. The average Bonchev–Trinajstić information content (AvgIpc) is 2.98. The Morgan fingerprint density at radius 2 is 2.04 bits per heavy atom. The van der Waals surface area contributed by atoms with Crippen molar-refractivity contribution in [1.82, 2.24) is 4.90 Å². The summed E-state index contributed by atoms with van der Waals surface area (Å²) in [6.07, 6.45) is 3.24. The lowest BCUT2D eigenvalue weighted by Crippen LogP contribution is -2.41. The van der Waals surface area contributed by atoms with Crippen molar-refractivity contribution in [2.24, 2.45) is 0 Å². The van der Waals surface area contributed by atoms with E-state index in [0.29, 0.717) is 9.77 Å². The number of amides is 1. The van der Waals surface area contributed by atoms with Crippen LogP contribution in [0, 0.1) is 0 Å². The molecule has 1 atom stereocenters. The molecule has 0 aliphatic carbocycles. The molecule has 1 aromatic heterocycles. The number of carbonyl (C=O) groups is 1. The van der Waals surface area contributed by atoms with Crippen molar-refractivity contribution in [3.8, 4) is 10.4 Å². The molecule has 1 saturated heterocycles. The van der Waals surface area contributed by atoms with Crippen molar-refractivity contribution in [3.63, 3.8) is 0 Å². The van der Waals surface area contributed by atoms with Crippen LogP contribution in [0.1, 0.15) is 41.4 Å². The van der Waals surface area contributed by atoms with Crippen LogP contribution in [0.15, 0.2) is 35.2 Å². The van der Waals surface area contributed by atoms with E-state index in [1.807, 2.05) is 17.0 Å². The second-order valence-electron chi connectivity index (χ2n) is 6.56. The molecule has 2 aliphatic heterocycles. The Bertz CT molecular complexity index is 914. The maximum atomic E-state index is 12.9. The lowest BCUT2D eigenvalue weighted by Gasteiger charge is -2.33. The molecular weight excluding hydrogens is 342 g/mol. The molecule has 2 aliphatic rings. The van der Waals surface area contributed by atoms with Gasteiger partial charge in [0, 0.05) is 23.0 Å². The van der Waals surface area contributed by atoms with E-state index in [0.717, 1.165) is 41.8 Å². The van der Waals surface area contributed by atoms with Crippen LogP contribution in [-0.2, 0) is 15.6 Å². The summed E-state index contributed by atoms with van der Waals surface area (Å²) in [6, 6.07) is 9.12. The number of rotatable bonds is 1. The molecule has 0 spiro atoms. The Morgan fingerprint density at radius 1 is 1.25 bits per heavy atom. The fraction of sp³-hybridized carbons (Fsp3) is 0.389. The molecule has 4 rings (SSSR count). The predicted molar refractivity (Wildman–Crippen MR) is 95.0 cm³/mol. The molecule has 1 unspecified atom stereocenters. The van der Waals surface area contributed by atoms with E-state index in [-0.39, 0.29) is 17.7 Å². The highest BCUT2D eigenvalue weighted by Gasteiger charge is 2.32.